The Morgan fingerprint density at radius 2 is 2.00 bits per heavy atom. The molecule has 0 aliphatic carbocycles. The molecule has 114 valence electrons. The zero-order chi connectivity index (χ0) is 14.8. The Morgan fingerprint density at radius 3 is 2.45 bits per heavy atom. The average Bonchev–Trinajstić information content (AvgIpc) is 2.90. The van der Waals surface area contributed by atoms with Crippen LogP contribution in [0.15, 0.2) is 5.38 Å². The largest absolute Gasteiger partial charge is 0.308 e. The fourth-order valence-electron chi connectivity index (χ4n) is 2.88. The van der Waals surface area contributed by atoms with Crippen LogP contribution in [0.4, 0.5) is 0 Å². The van der Waals surface area contributed by atoms with Crippen LogP contribution in [-0.4, -0.2) is 36.6 Å². The Balaban J connectivity index is 2.14. The molecule has 1 N–H and O–H groups in total. The number of thiazole rings is 1. The van der Waals surface area contributed by atoms with Gasteiger partial charge in [0.05, 0.1) is 11.2 Å². The molecule has 0 radical (unpaired) electrons. The quantitative estimate of drug-likeness (QED) is 0.923. The lowest BCUT2D eigenvalue weighted by molar-refractivity contribution is 0.140. The van der Waals surface area contributed by atoms with Gasteiger partial charge in [0, 0.05) is 23.9 Å². The van der Waals surface area contributed by atoms with E-state index in [1.54, 1.807) is 0 Å². The summed E-state index contributed by atoms with van der Waals surface area (Å²) in [6.07, 6.45) is 3.58. The van der Waals surface area contributed by atoms with Crippen LogP contribution in [0.3, 0.4) is 0 Å². The Labute approximate surface area is 127 Å². The van der Waals surface area contributed by atoms with E-state index < -0.39 is 0 Å². The first-order chi connectivity index (χ1) is 9.41. The first-order valence-corrected chi connectivity index (χ1v) is 8.67. The molecule has 0 atom stereocenters. The molecule has 3 nitrogen and oxygen atoms in total. The molecular formula is C16H29N3S. The molecular weight excluding hydrogens is 266 g/mol. The summed E-state index contributed by atoms with van der Waals surface area (Å²) in [6.45, 7) is 12.6. The van der Waals surface area contributed by atoms with Gasteiger partial charge in [-0.15, -0.1) is 11.3 Å². The summed E-state index contributed by atoms with van der Waals surface area (Å²) < 4.78 is 0. The van der Waals surface area contributed by atoms with Crippen molar-refractivity contribution in [3.05, 3.63) is 16.1 Å². The summed E-state index contributed by atoms with van der Waals surface area (Å²) in [5.41, 5.74) is 1.47. The lowest BCUT2D eigenvalue weighted by Gasteiger charge is -2.40. The third kappa shape index (κ3) is 3.23. The summed E-state index contributed by atoms with van der Waals surface area (Å²) in [5.74, 6) is 0. The topological polar surface area (TPSA) is 28.2 Å². The summed E-state index contributed by atoms with van der Waals surface area (Å²) in [6, 6.07) is 0. The SMILES string of the molecule is CCCN1CCC(NC)(c2nc(C(C)(C)C)cs2)CC1. The van der Waals surface area contributed by atoms with Gasteiger partial charge in [-0.1, -0.05) is 27.7 Å². The Morgan fingerprint density at radius 1 is 1.35 bits per heavy atom. The number of piperidine rings is 1. The van der Waals surface area contributed by atoms with Gasteiger partial charge in [-0.05, 0) is 32.9 Å². The van der Waals surface area contributed by atoms with Crippen LogP contribution in [0, 0.1) is 0 Å². The highest BCUT2D eigenvalue weighted by Crippen LogP contribution is 2.36. The molecule has 1 fully saturated rings. The van der Waals surface area contributed by atoms with E-state index in [0.29, 0.717) is 0 Å². The molecule has 1 saturated heterocycles. The van der Waals surface area contributed by atoms with E-state index in [1.807, 2.05) is 11.3 Å². The third-order valence-corrected chi connectivity index (χ3v) is 5.46. The second-order valence-corrected chi connectivity index (χ2v) is 7.82. The van der Waals surface area contributed by atoms with Crippen molar-refractivity contribution >= 4 is 11.3 Å². The van der Waals surface area contributed by atoms with Gasteiger partial charge in [-0.2, -0.15) is 0 Å². The zero-order valence-electron chi connectivity index (χ0n) is 13.6. The molecule has 1 aliphatic heterocycles. The standard InChI is InChI=1S/C16H29N3S/c1-6-9-19-10-7-16(17-5,8-11-19)14-18-13(12-20-14)15(2,3)4/h12,17H,6-11H2,1-5H3. The Hall–Kier alpha value is -0.450. The molecule has 2 heterocycles. The van der Waals surface area contributed by atoms with Crippen molar-refractivity contribution in [2.75, 3.05) is 26.7 Å². The molecule has 0 bridgehead atoms. The van der Waals surface area contributed by atoms with E-state index in [0.717, 1.165) is 0 Å². The Bertz CT molecular complexity index is 425. The van der Waals surface area contributed by atoms with Crippen LogP contribution in [0.5, 0.6) is 0 Å². The molecule has 0 amide bonds. The zero-order valence-corrected chi connectivity index (χ0v) is 14.4. The van der Waals surface area contributed by atoms with E-state index in [9.17, 15) is 0 Å². The number of nitrogens with zero attached hydrogens (tertiary/aromatic N) is 2. The maximum absolute atomic E-state index is 4.96. The minimum atomic E-state index is 0.0956. The molecule has 0 spiro atoms. The lowest BCUT2D eigenvalue weighted by atomic mass is 9.87. The van der Waals surface area contributed by atoms with E-state index in [4.69, 9.17) is 4.98 Å². The summed E-state index contributed by atoms with van der Waals surface area (Å²) in [7, 11) is 2.09. The van der Waals surface area contributed by atoms with Gasteiger partial charge in [0.15, 0.2) is 0 Å². The van der Waals surface area contributed by atoms with Gasteiger partial charge in [0.1, 0.15) is 5.01 Å². The molecule has 1 aromatic heterocycles. The fourth-order valence-corrected chi connectivity index (χ4v) is 4.20. The van der Waals surface area contributed by atoms with Crippen LogP contribution in [0.1, 0.15) is 57.7 Å². The second kappa shape index (κ2) is 6.12. The summed E-state index contributed by atoms with van der Waals surface area (Å²) in [5, 5.41) is 7.10. The van der Waals surface area contributed by atoms with Crippen molar-refractivity contribution in [1.29, 1.82) is 0 Å². The van der Waals surface area contributed by atoms with Crippen LogP contribution in [0.25, 0.3) is 0 Å². The van der Waals surface area contributed by atoms with Crippen LogP contribution >= 0.6 is 11.3 Å². The first kappa shape index (κ1) is 15.9. The van der Waals surface area contributed by atoms with Crippen molar-refractivity contribution in [2.24, 2.45) is 0 Å². The van der Waals surface area contributed by atoms with Crippen LogP contribution in [0.2, 0.25) is 0 Å². The lowest BCUT2D eigenvalue weighted by Crippen LogP contribution is -2.50. The van der Waals surface area contributed by atoms with E-state index >= 15 is 0 Å². The molecule has 0 unspecified atom stereocenters. The van der Waals surface area contributed by atoms with Crippen molar-refractivity contribution < 1.29 is 0 Å². The number of hydrogen-bond donors (Lipinski definition) is 1. The minimum Gasteiger partial charge on any atom is -0.308 e. The molecule has 4 heteroatoms. The molecule has 1 aromatic rings. The Kier molecular flexibility index (Phi) is 4.88. The highest BCUT2D eigenvalue weighted by molar-refractivity contribution is 7.09. The fraction of sp³-hybridized carbons (Fsp3) is 0.812. The number of likely N-dealkylation sites (tertiary alicyclic amines) is 1. The van der Waals surface area contributed by atoms with Gasteiger partial charge in [-0.25, -0.2) is 4.98 Å². The average molecular weight is 295 g/mol. The molecule has 0 aromatic carbocycles. The predicted octanol–water partition coefficient (Wildman–Crippen LogP) is 3.36. The van der Waals surface area contributed by atoms with Crippen LogP contribution in [-0.2, 0) is 11.0 Å². The first-order valence-electron chi connectivity index (χ1n) is 7.79. The summed E-state index contributed by atoms with van der Waals surface area (Å²) >= 11 is 1.83. The van der Waals surface area contributed by atoms with Gasteiger partial charge < -0.3 is 10.2 Å². The highest BCUT2D eigenvalue weighted by atomic mass is 32.1. The van der Waals surface area contributed by atoms with Crippen molar-refractivity contribution in [3.63, 3.8) is 0 Å². The van der Waals surface area contributed by atoms with Gasteiger partial charge in [-0.3, -0.25) is 0 Å². The smallest absolute Gasteiger partial charge is 0.113 e. The maximum Gasteiger partial charge on any atom is 0.113 e. The third-order valence-electron chi connectivity index (χ3n) is 4.41. The molecule has 2 rings (SSSR count). The molecule has 1 aliphatic rings. The van der Waals surface area contributed by atoms with E-state index in [-0.39, 0.29) is 11.0 Å². The minimum absolute atomic E-state index is 0.0956. The number of aromatic nitrogens is 1. The van der Waals surface area contributed by atoms with Crippen molar-refractivity contribution in [3.8, 4) is 0 Å². The van der Waals surface area contributed by atoms with Crippen LogP contribution < -0.4 is 5.32 Å². The number of hydrogen-bond acceptors (Lipinski definition) is 4. The van der Waals surface area contributed by atoms with E-state index in [2.05, 4.69) is 50.3 Å². The second-order valence-electron chi connectivity index (χ2n) is 6.96. The normalized spacial score (nSPS) is 20.2. The monoisotopic (exact) mass is 295 g/mol. The van der Waals surface area contributed by atoms with Gasteiger partial charge in [0.25, 0.3) is 0 Å². The summed E-state index contributed by atoms with van der Waals surface area (Å²) in [4.78, 5) is 7.53. The predicted molar refractivity (Wildman–Crippen MR) is 87.5 cm³/mol. The number of rotatable bonds is 4. The van der Waals surface area contributed by atoms with Gasteiger partial charge in [0.2, 0.25) is 0 Å². The maximum atomic E-state index is 4.96. The molecule has 20 heavy (non-hydrogen) atoms. The molecule has 0 saturated carbocycles. The number of nitrogens with one attached hydrogen (secondary N) is 1. The highest BCUT2D eigenvalue weighted by Gasteiger charge is 2.37. The van der Waals surface area contributed by atoms with Gasteiger partial charge >= 0.3 is 0 Å². The van der Waals surface area contributed by atoms with E-state index in [1.165, 1.54) is 49.6 Å². The van der Waals surface area contributed by atoms with Crippen molar-refractivity contribution in [2.45, 2.75) is 57.9 Å². The van der Waals surface area contributed by atoms with Crippen molar-refractivity contribution in [1.82, 2.24) is 15.2 Å².